The van der Waals surface area contributed by atoms with Gasteiger partial charge in [0.1, 0.15) is 0 Å². The molecule has 32 heavy (non-hydrogen) atoms. The normalized spacial score (nSPS) is 22.0. The van der Waals surface area contributed by atoms with Crippen LogP contribution in [0, 0.1) is 6.92 Å². The van der Waals surface area contributed by atoms with Crippen LogP contribution in [0.1, 0.15) is 30.4 Å². The highest BCUT2D eigenvalue weighted by atomic mass is 32.2. The smallest absolute Gasteiger partial charge is 0.240 e. The molecule has 0 aromatic heterocycles. The van der Waals surface area contributed by atoms with E-state index < -0.39 is 32.2 Å². The maximum absolute atomic E-state index is 12.7. The molecule has 0 saturated carbocycles. The molecule has 1 aliphatic rings. The first-order valence-electron chi connectivity index (χ1n) is 10.5. The molecule has 3 rings (SSSR count). The van der Waals surface area contributed by atoms with E-state index in [0.717, 1.165) is 5.56 Å². The minimum absolute atomic E-state index is 0.0957. The summed E-state index contributed by atoms with van der Waals surface area (Å²) >= 11 is 0. The number of sulfonamides is 2. The van der Waals surface area contributed by atoms with Gasteiger partial charge in [-0.1, -0.05) is 48.0 Å². The summed E-state index contributed by atoms with van der Waals surface area (Å²) in [7, 11) is -7.21. The van der Waals surface area contributed by atoms with Crippen LogP contribution >= 0.6 is 0 Å². The van der Waals surface area contributed by atoms with Gasteiger partial charge in [-0.2, -0.15) is 0 Å². The Bertz CT molecular complexity index is 1070. The van der Waals surface area contributed by atoms with Crippen LogP contribution in [0.5, 0.6) is 0 Å². The number of benzene rings is 2. The van der Waals surface area contributed by atoms with Crippen LogP contribution in [0.15, 0.2) is 59.5 Å². The Morgan fingerprint density at radius 3 is 2.34 bits per heavy atom. The third kappa shape index (κ3) is 7.09. The quantitative estimate of drug-likeness (QED) is 0.474. The van der Waals surface area contributed by atoms with Gasteiger partial charge in [0.15, 0.2) is 0 Å². The minimum Gasteiger partial charge on any atom is -0.394 e. The molecule has 8 nitrogen and oxygen atoms in total. The average Bonchev–Trinajstić information content (AvgIpc) is 2.75. The number of rotatable bonds is 10. The lowest BCUT2D eigenvalue weighted by Gasteiger charge is -2.36. The lowest BCUT2D eigenvalue weighted by atomic mass is 9.98. The van der Waals surface area contributed by atoms with Crippen molar-refractivity contribution in [2.75, 3.05) is 13.2 Å². The summed E-state index contributed by atoms with van der Waals surface area (Å²) in [6.07, 6.45) is 0.499. The van der Waals surface area contributed by atoms with E-state index in [0.29, 0.717) is 24.8 Å². The van der Waals surface area contributed by atoms with E-state index in [-0.39, 0.29) is 29.9 Å². The molecule has 0 spiro atoms. The van der Waals surface area contributed by atoms with Crippen molar-refractivity contribution in [3.05, 3.63) is 65.7 Å². The molecule has 2 aromatic rings. The topological polar surface area (TPSA) is 122 Å². The van der Waals surface area contributed by atoms with E-state index in [9.17, 15) is 21.9 Å². The van der Waals surface area contributed by atoms with Crippen molar-refractivity contribution in [3.8, 4) is 0 Å². The van der Waals surface area contributed by atoms with E-state index in [1.54, 1.807) is 48.5 Å². The number of aryl methyl sites for hydroxylation is 1. The molecular weight excluding hydrogens is 452 g/mol. The van der Waals surface area contributed by atoms with E-state index in [4.69, 9.17) is 4.74 Å². The Morgan fingerprint density at radius 2 is 1.69 bits per heavy atom. The van der Waals surface area contributed by atoms with Crippen molar-refractivity contribution in [3.63, 3.8) is 0 Å². The van der Waals surface area contributed by atoms with E-state index in [1.165, 1.54) is 0 Å². The van der Waals surface area contributed by atoms with Gasteiger partial charge in [0.05, 0.1) is 35.5 Å². The molecule has 0 radical (unpaired) electrons. The van der Waals surface area contributed by atoms with E-state index in [2.05, 4.69) is 9.44 Å². The Kier molecular flexibility index (Phi) is 8.43. The zero-order chi connectivity index (χ0) is 23.2. The Morgan fingerprint density at radius 1 is 1.00 bits per heavy atom. The first-order valence-corrected chi connectivity index (χ1v) is 13.7. The van der Waals surface area contributed by atoms with Crippen LogP contribution in [0.3, 0.4) is 0 Å². The molecule has 0 aliphatic carbocycles. The fourth-order valence-electron chi connectivity index (χ4n) is 3.68. The maximum Gasteiger partial charge on any atom is 0.240 e. The summed E-state index contributed by atoms with van der Waals surface area (Å²) in [6, 6.07) is 14.9. The van der Waals surface area contributed by atoms with Gasteiger partial charge >= 0.3 is 0 Å². The number of ether oxygens (including phenoxy) is 1. The van der Waals surface area contributed by atoms with Gasteiger partial charge in [0.2, 0.25) is 20.0 Å². The molecule has 176 valence electrons. The Labute approximate surface area is 190 Å². The highest BCUT2D eigenvalue weighted by Gasteiger charge is 2.34. The maximum atomic E-state index is 12.7. The van der Waals surface area contributed by atoms with Gasteiger partial charge in [-0.15, -0.1) is 0 Å². The highest BCUT2D eigenvalue weighted by Crippen LogP contribution is 2.23. The van der Waals surface area contributed by atoms with Crippen molar-refractivity contribution in [2.45, 2.75) is 55.1 Å². The summed E-state index contributed by atoms with van der Waals surface area (Å²) in [4.78, 5) is 0.162. The molecule has 1 fully saturated rings. The number of nitrogens with one attached hydrogen (secondary N) is 2. The number of hydrogen-bond donors (Lipinski definition) is 3. The Balaban J connectivity index is 1.50. The fraction of sp³-hybridized carbons (Fsp3) is 0.455. The van der Waals surface area contributed by atoms with Gasteiger partial charge in [0.25, 0.3) is 0 Å². The van der Waals surface area contributed by atoms with Gasteiger partial charge in [-0.05, 0) is 43.9 Å². The third-order valence-electron chi connectivity index (χ3n) is 5.42. The molecule has 3 atom stereocenters. The first-order chi connectivity index (χ1) is 15.2. The number of hydrogen-bond acceptors (Lipinski definition) is 6. The van der Waals surface area contributed by atoms with E-state index >= 15 is 0 Å². The van der Waals surface area contributed by atoms with Gasteiger partial charge < -0.3 is 9.84 Å². The lowest BCUT2D eigenvalue weighted by molar-refractivity contribution is -0.0869. The summed E-state index contributed by atoms with van der Waals surface area (Å²) in [5.41, 5.74) is 1.67. The fourth-order valence-corrected chi connectivity index (χ4v) is 6.14. The summed E-state index contributed by atoms with van der Waals surface area (Å²) < 4.78 is 60.9. The van der Waals surface area contributed by atoms with Crippen LogP contribution in [-0.2, 0) is 30.5 Å². The molecule has 0 bridgehead atoms. The van der Waals surface area contributed by atoms with Crippen LogP contribution in [-0.4, -0.2) is 53.3 Å². The molecule has 3 N–H and O–H groups in total. The molecule has 0 amide bonds. The van der Waals surface area contributed by atoms with E-state index in [1.807, 2.05) is 13.0 Å². The highest BCUT2D eigenvalue weighted by molar-refractivity contribution is 7.89. The van der Waals surface area contributed by atoms with Crippen molar-refractivity contribution >= 4 is 20.0 Å². The summed E-state index contributed by atoms with van der Waals surface area (Å²) in [5, 5.41) is 9.73. The molecule has 2 aromatic carbocycles. The summed E-state index contributed by atoms with van der Waals surface area (Å²) in [6.45, 7) is 1.75. The van der Waals surface area contributed by atoms with Crippen LogP contribution in [0.25, 0.3) is 0 Å². The third-order valence-corrected chi connectivity index (χ3v) is 8.28. The standard InChI is InChI=1S/C22H30N2O6S2/c1-17-7-10-20(11-8-17)32(28,29)24-21-12-9-19(30-22(21)15-25)13-14-23-31(26,27)16-18-5-3-2-4-6-18/h2-8,10-11,19,21-25H,9,12-16H2,1H3/t19-,21+,22-/m0/s1. The second kappa shape index (κ2) is 10.9. The number of aliphatic hydroxyl groups is 1. The average molecular weight is 483 g/mol. The van der Waals surface area contributed by atoms with Crippen LogP contribution in [0.2, 0.25) is 0 Å². The van der Waals surface area contributed by atoms with Gasteiger partial charge in [-0.25, -0.2) is 26.3 Å². The monoisotopic (exact) mass is 482 g/mol. The second-order valence-electron chi connectivity index (χ2n) is 8.02. The zero-order valence-electron chi connectivity index (χ0n) is 18.0. The molecule has 0 unspecified atom stereocenters. The first kappa shape index (κ1) is 24.8. The minimum atomic E-state index is -3.74. The van der Waals surface area contributed by atoms with Crippen LogP contribution < -0.4 is 9.44 Å². The zero-order valence-corrected chi connectivity index (χ0v) is 19.6. The predicted molar refractivity (Wildman–Crippen MR) is 122 cm³/mol. The molecule has 10 heteroatoms. The second-order valence-corrected chi connectivity index (χ2v) is 11.5. The predicted octanol–water partition coefficient (Wildman–Crippen LogP) is 1.69. The largest absolute Gasteiger partial charge is 0.394 e. The Hall–Kier alpha value is -1.82. The SMILES string of the molecule is Cc1ccc(S(=O)(=O)N[C@@H]2CC[C@@H](CCNS(=O)(=O)Cc3ccccc3)O[C@H]2CO)cc1. The lowest BCUT2D eigenvalue weighted by Crippen LogP contribution is -2.51. The van der Waals surface area contributed by atoms with Crippen molar-refractivity contribution in [2.24, 2.45) is 0 Å². The molecule has 1 heterocycles. The summed E-state index contributed by atoms with van der Waals surface area (Å²) in [5.74, 6) is -0.0957. The van der Waals surface area contributed by atoms with Gasteiger partial charge in [-0.3, -0.25) is 0 Å². The van der Waals surface area contributed by atoms with Gasteiger partial charge in [0, 0.05) is 6.54 Å². The molecule has 1 aliphatic heterocycles. The van der Waals surface area contributed by atoms with Crippen molar-refractivity contribution < 1.29 is 26.7 Å². The molecular formula is C22H30N2O6S2. The van der Waals surface area contributed by atoms with Crippen molar-refractivity contribution in [1.29, 1.82) is 0 Å². The van der Waals surface area contributed by atoms with Crippen molar-refractivity contribution in [1.82, 2.24) is 9.44 Å². The molecule has 1 saturated heterocycles. The number of aliphatic hydroxyl groups excluding tert-OH is 1. The van der Waals surface area contributed by atoms with Crippen LogP contribution in [0.4, 0.5) is 0 Å².